The fourth-order valence-corrected chi connectivity index (χ4v) is 3.23. The molecule has 0 aliphatic heterocycles. The molecule has 6 heteroatoms. The number of rotatable bonds is 2. The Labute approximate surface area is 118 Å². The predicted octanol–water partition coefficient (Wildman–Crippen LogP) is 3.63. The summed E-state index contributed by atoms with van der Waals surface area (Å²) < 4.78 is 14.6. The van der Waals surface area contributed by atoms with Gasteiger partial charge in [-0.3, -0.25) is 9.89 Å². The number of thiophene rings is 1. The molecule has 102 valence electrons. The lowest BCUT2D eigenvalue weighted by atomic mass is 10.1. The molecule has 2 N–H and O–H groups in total. The number of anilines is 1. The van der Waals surface area contributed by atoms with Crippen LogP contribution in [0.2, 0.25) is 0 Å². The largest absolute Gasteiger partial charge is 0.306 e. The number of aryl methyl sites for hydroxylation is 2. The standard InChI is InChI=1S/C14H12FN3OS/c1-7-6-16-18-13(7)17-14(19)12-8(2)11-9(15)4-3-5-10(11)20-12/h3-6H,1-2H3,(H2,16,17,18,19). The normalized spacial score (nSPS) is 10.9. The number of carbonyl (C=O) groups is 1. The molecule has 0 aliphatic carbocycles. The lowest BCUT2D eigenvalue weighted by Crippen LogP contribution is -2.12. The molecule has 2 heterocycles. The number of amides is 1. The van der Waals surface area contributed by atoms with Crippen LogP contribution < -0.4 is 5.32 Å². The van der Waals surface area contributed by atoms with Crippen LogP contribution in [0.15, 0.2) is 24.4 Å². The highest BCUT2D eigenvalue weighted by molar-refractivity contribution is 7.21. The lowest BCUT2D eigenvalue weighted by molar-refractivity contribution is 0.102. The summed E-state index contributed by atoms with van der Waals surface area (Å²) in [7, 11) is 0. The predicted molar refractivity (Wildman–Crippen MR) is 77.8 cm³/mol. The first-order valence-corrected chi connectivity index (χ1v) is 6.88. The number of hydrogen-bond acceptors (Lipinski definition) is 3. The minimum Gasteiger partial charge on any atom is -0.306 e. The van der Waals surface area contributed by atoms with Crippen LogP contribution in [0.5, 0.6) is 0 Å². The number of hydrogen-bond donors (Lipinski definition) is 2. The van der Waals surface area contributed by atoms with Crippen LogP contribution in [-0.2, 0) is 0 Å². The summed E-state index contributed by atoms with van der Waals surface area (Å²) in [6, 6.07) is 4.87. The molecule has 3 aromatic rings. The summed E-state index contributed by atoms with van der Waals surface area (Å²) >= 11 is 1.29. The molecular formula is C14H12FN3OS. The molecule has 0 unspecified atom stereocenters. The zero-order valence-electron chi connectivity index (χ0n) is 11.0. The fraction of sp³-hybridized carbons (Fsp3) is 0.143. The van der Waals surface area contributed by atoms with Gasteiger partial charge >= 0.3 is 0 Å². The number of aromatic nitrogens is 2. The van der Waals surface area contributed by atoms with Gasteiger partial charge < -0.3 is 5.32 Å². The van der Waals surface area contributed by atoms with E-state index in [0.29, 0.717) is 21.6 Å². The van der Waals surface area contributed by atoms with Crippen molar-refractivity contribution in [3.8, 4) is 0 Å². The molecule has 0 radical (unpaired) electrons. The molecule has 0 aliphatic rings. The number of nitrogens with zero attached hydrogens (tertiary/aromatic N) is 1. The van der Waals surface area contributed by atoms with Gasteiger partial charge in [-0.25, -0.2) is 4.39 Å². The van der Waals surface area contributed by atoms with Gasteiger partial charge in [0.25, 0.3) is 5.91 Å². The highest BCUT2D eigenvalue weighted by Gasteiger charge is 2.18. The van der Waals surface area contributed by atoms with Gasteiger partial charge in [-0.1, -0.05) is 6.07 Å². The molecular weight excluding hydrogens is 277 g/mol. The van der Waals surface area contributed by atoms with Crippen LogP contribution in [-0.4, -0.2) is 16.1 Å². The second-order valence-corrected chi connectivity index (χ2v) is 5.60. The van der Waals surface area contributed by atoms with Crippen molar-refractivity contribution in [3.05, 3.63) is 46.2 Å². The van der Waals surface area contributed by atoms with E-state index in [4.69, 9.17) is 0 Å². The van der Waals surface area contributed by atoms with E-state index in [2.05, 4.69) is 15.5 Å². The zero-order valence-corrected chi connectivity index (χ0v) is 11.8. The first-order valence-electron chi connectivity index (χ1n) is 6.07. The van der Waals surface area contributed by atoms with Crippen molar-refractivity contribution in [1.29, 1.82) is 0 Å². The summed E-state index contributed by atoms with van der Waals surface area (Å²) in [5.74, 6) is 0.01000. The van der Waals surface area contributed by atoms with Crippen LogP contribution in [0, 0.1) is 19.7 Å². The molecule has 4 nitrogen and oxygen atoms in total. The second kappa shape index (κ2) is 4.72. The van der Waals surface area contributed by atoms with Crippen LogP contribution in [0.25, 0.3) is 10.1 Å². The van der Waals surface area contributed by atoms with Gasteiger partial charge in [-0.05, 0) is 31.5 Å². The van der Waals surface area contributed by atoms with E-state index in [0.717, 1.165) is 10.3 Å². The number of aromatic amines is 1. The topological polar surface area (TPSA) is 57.8 Å². The summed E-state index contributed by atoms with van der Waals surface area (Å²) in [6.45, 7) is 3.60. The van der Waals surface area contributed by atoms with Crippen LogP contribution in [0.4, 0.5) is 10.2 Å². The highest BCUT2D eigenvalue weighted by Crippen LogP contribution is 2.33. The number of benzene rings is 1. The summed E-state index contributed by atoms with van der Waals surface area (Å²) in [6.07, 6.45) is 1.63. The van der Waals surface area contributed by atoms with E-state index in [9.17, 15) is 9.18 Å². The summed E-state index contributed by atoms with van der Waals surface area (Å²) in [5, 5.41) is 9.85. The van der Waals surface area contributed by atoms with Crippen LogP contribution in [0.3, 0.4) is 0 Å². The van der Waals surface area contributed by atoms with Gasteiger partial charge in [0.05, 0.1) is 11.1 Å². The molecule has 0 spiro atoms. The number of halogens is 1. The Bertz CT molecular complexity index is 806. The van der Waals surface area contributed by atoms with E-state index in [1.165, 1.54) is 17.4 Å². The molecule has 1 amide bonds. The Morgan fingerprint density at radius 3 is 2.85 bits per heavy atom. The van der Waals surface area contributed by atoms with Crippen molar-refractivity contribution in [2.75, 3.05) is 5.32 Å². The van der Waals surface area contributed by atoms with Crippen molar-refractivity contribution >= 4 is 33.1 Å². The van der Waals surface area contributed by atoms with Crippen molar-refractivity contribution in [2.24, 2.45) is 0 Å². The third kappa shape index (κ3) is 1.98. The zero-order chi connectivity index (χ0) is 14.3. The molecule has 0 fully saturated rings. The van der Waals surface area contributed by atoms with E-state index >= 15 is 0 Å². The molecule has 0 bridgehead atoms. The molecule has 0 saturated heterocycles. The summed E-state index contributed by atoms with van der Waals surface area (Å²) in [5.41, 5.74) is 1.51. The van der Waals surface area contributed by atoms with Gasteiger partial charge in [0.2, 0.25) is 0 Å². The van der Waals surface area contributed by atoms with Gasteiger partial charge in [0, 0.05) is 15.6 Å². The van der Waals surface area contributed by atoms with E-state index in [1.54, 1.807) is 19.2 Å². The number of carbonyl (C=O) groups excluding carboxylic acids is 1. The Kier molecular flexibility index (Phi) is 3.02. The van der Waals surface area contributed by atoms with Gasteiger partial charge in [-0.15, -0.1) is 11.3 Å². The van der Waals surface area contributed by atoms with Crippen LogP contribution in [0.1, 0.15) is 20.8 Å². The Morgan fingerprint density at radius 2 is 2.20 bits per heavy atom. The SMILES string of the molecule is Cc1cn[nH]c1NC(=O)c1sc2cccc(F)c2c1C. The van der Waals surface area contributed by atoms with Crippen LogP contribution >= 0.6 is 11.3 Å². The average molecular weight is 289 g/mol. The van der Waals surface area contributed by atoms with Crippen molar-refractivity contribution in [2.45, 2.75) is 13.8 Å². The molecule has 0 atom stereocenters. The van der Waals surface area contributed by atoms with E-state index in [1.807, 2.05) is 13.0 Å². The maximum atomic E-state index is 13.8. The fourth-order valence-electron chi connectivity index (χ4n) is 2.11. The van der Waals surface area contributed by atoms with E-state index in [-0.39, 0.29) is 11.7 Å². The molecule has 1 aromatic carbocycles. The average Bonchev–Trinajstić information content (AvgIpc) is 2.95. The monoisotopic (exact) mass is 289 g/mol. The lowest BCUT2D eigenvalue weighted by Gasteiger charge is -2.02. The Hall–Kier alpha value is -2.21. The van der Waals surface area contributed by atoms with Crippen molar-refractivity contribution in [1.82, 2.24) is 10.2 Å². The van der Waals surface area contributed by atoms with Gasteiger partial charge in [0.1, 0.15) is 11.6 Å². The first-order chi connectivity index (χ1) is 9.58. The molecule has 0 saturated carbocycles. The number of nitrogens with one attached hydrogen (secondary N) is 2. The highest BCUT2D eigenvalue weighted by atomic mass is 32.1. The third-order valence-corrected chi connectivity index (χ3v) is 4.43. The minimum atomic E-state index is -0.298. The maximum Gasteiger partial charge on any atom is 0.267 e. The molecule has 3 rings (SSSR count). The van der Waals surface area contributed by atoms with Crippen molar-refractivity contribution in [3.63, 3.8) is 0 Å². The Morgan fingerprint density at radius 1 is 1.40 bits per heavy atom. The quantitative estimate of drug-likeness (QED) is 0.757. The maximum absolute atomic E-state index is 13.8. The second-order valence-electron chi connectivity index (χ2n) is 4.55. The molecule has 2 aromatic heterocycles. The van der Waals surface area contributed by atoms with Crippen molar-refractivity contribution < 1.29 is 9.18 Å². The smallest absolute Gasteiger partial charge is 0.267 e. The summed E-state index contributed by atoms with van der Waals surface area (Å²) in [4.78, 5) is 12.8. The number of H-pyrrole nitrogens is 1. The third-order valence-electron chi connectivity index (χ3n) is 3.18. The van der Waals surface area contributed by atoms with Gasteiger partial charge in [-0.2, -0.15) is 5.10 Å². The van der Waals surface area contributed by atoms with Gasteiger partial charge in [0.15, 0.2) is 0 Å². The first kappa shape index (κ1) is 12.8. The number of fused-ring (bicyclic) bond motifs is 1. The Balaban J connectivity index is 2.02. The van der Waals surface area contributed by atoms with E-state index < -0.39 is 0 Å². The molecule has 20 heavy (non-hydrogen) atoms. The minimum absolute atomic E-state index is 0.254.